The van der Waals surface area contributed by atoms with Crippen molar-refractivity contribution in [1.29, 1.82) is 0 Å². The highest BCUT2D eigenvalue weighted by Crippen LogP contribution is 2.44. The quantitative estimate of drug-likeness (QED) is 0.342. The average Bonchev–Trinajstić information content (AvgIpc) is 3.37. The molecule has 8 heteroatoms. The SMILES string of the molecule is CCOc1cccc(/C(O)=C2/C(=O)C(=O)N(c3cc(F)ccc3F)C2c2cccs2)c1. The maximum absolute atomic E-state index is 14.6. The Morgan fingerprint density at radius 3 is 2.65 bits per heavy atom. The molecule has 1 saturated heterocycles. The van der Waals surface area contributed by atoms with Crippen LogP contribution in [0.5, 0.6) is 5.75 Å². The van der Waals surface area contributed by atoms with Crippen molar-refractivity contribution >= 4 is 34.5 Å². The van der Waals surface area contributed by atoms with E-state index in [1.165, 1.54) is 11.3 Å². The molecule has 1 amide bonds. The van der Waals surface area contributed by atoms with Crippen molar-refractivity contribution in [2.45, 2.75) is 13.0 Å². The van der Waals surface area contributed by atoms with Gasteiger partial charge in [-0.05, 0) is 42.6 Å². The number of thiophene rings is 1. The zero-order chi connectivity index (χ0) is 22.1. The number of halogens is 2. The van der Waals surface area contributed by atoms with Gasteiger partial charge in [-0.15, -0.1) is 11.3 Å². The van der Waals surface area contributed by atoms with E-state index in [0.717, 1.165) is 23.1 Å². The van der Waals surface area contributed by atoms with Crippen LogP contribution >= 0.6 is 11.3 Å². The number of amides is 1. The normalized spacial score (nSPS) is 17.9. The summed E-state index contributed by atoms with van der Waals surface area (Å²) >= 11 is 1.23. The smallest absolute Gasteiger partial charge is 0.300 e. The molecule has 5 nitrogen and oxygen atoms in total. The Morgan fingerprint density at radius 2 is 1.94 bits per heavy atom. The van der Waals surface area contributed by atoms with Crippen LogP contribution in [0.1, 0.15) is 23.4 Å². The molecule has 0 bridgehead atoms. The second kappa shape index (κ2) is 8.31. The van der Waals surface area contributed by atoms with Crippen molar-refractivity contribution in [1.82, 2.24) is 0 Å². The molecule has 2 heterocycles. The van der Waals surface area contributed by atoms with Crippen LogP contribution in [0.2, 0.25) is 0 Å². The van der Waals surface area contributed by atoms with Crippen LogP contribution in [-0.4, -0.2) is 23.4 Å². The number of nitrogens with zero attached hydrogens (tertiary/aromatic N) is 1. The van der Waals surface area contributed by atoms with Crippen molar-refractivity contribution in [3.05, 3.63) is 87.6 Å². The Bertz CT molecular complexity index is 1190. The van der Waals surface area contributed by atoms with Gasteiger partial charge in [-0.3, -0.25) is 14.5 Å². The van der Waals surface area contributed by atoms with Crippen molar-refractivity contribution < 1.29 is 28.2 Å². The number of hydrogen-bond donors (Lipinski definition) is 1. The lowest BCUT2D eigenvalue weighted by atomic mass is 9.99. The molecule has 0 aliphatic carbocycles. The van der Waals surface area contributed by atoms with Crippen LogP contribution in [-0.2, 0) is 9.59 Å². The molecule has 158 valence electrons. The highest BCUT2D eigenvalue weighted by Gasteiger charge is 2.48. The fourth-order valence-corrected chi connectivity index (χ4v) is 4.35. The number of Topliss-reactive ketones (excluding diaryl/α,β-unsaturated/α-hetero) is 1. The summed E-state index contributed by atoms with van der Waals surface area (Å²) in [5, 5.41) is 12.7. The van der Waals surface area contributed by atoms with Crippen LogP contribution in [0.3, 0.4) is 0 Å². The third-order valence-corrected chi connectivity index (χ3v) is 5.77. The van der Waals surface area contributed by atoms with Crippen molar-refractivity contribution in [3.63, 3.8) is 0 Å². The zero-order valence-electron chi connectivity index (χ0n) is 16.3. The highest BCUT2D eigenvalue weighted by atomic mass is 32.1. The van der Waals surface area contributed by atoms with Gasteiger partial charge in [-0.2, -0.15) is 0 Å². The maximum atomic E-state index is 14.6. The predicted molar refractivity (Wildman–Crippen MR) is 113 cm³/mol. The fourth-order valence-electron chi connectivity index (χ4n) is 3.52. The van der Waals surface area contributed by atoms with Gasteiger partial charge in [-0.1, -0.05) is 18.2 Å². The largest absolute Gasteiger partial charge is 0.507 e. The Balaban J connectivity index is 1.92. The van der Waals surface area contributed by atoms with Gasteiger partial charge < -0.3 is 9.84 Å². The molecule has 2 aromatic carbocycles. The monoisotopic (exact) mass is 441 g/mol. The van der Waals surface area contributed by atoms with Crippen LogP contribution < -0.4 is 9.64 Å². The van der Waals surface area contributed by atoms with E-state index < -0.39 is 35.1 Å². The number of hydrogen-bond acceptors (Lipinski definition) is 5. The average molecular weight is 441 g/mol. The number of aliphatic hydroxyl groups is 1. The fraction of sp³-hybridized carbons (Fsp3) is 0.130. The number of ketones is 1. The molecule has 1 N–H and O–H groups in total. The second-order valence-corrected chi connectivity index (χ2v) is 7.72. The van der Waals surface area contributed by atoms with Crippen LogP contribution in [0, 0.1) is 11.6 Å². The number of rotatable bonds is 5. The van der Waals surface area contributed by atoms with Gasteiger partial charge in [0.2, 0.25) is 0 Å². The zero-order valence-corrected chi connectivity index (χ0v) is 17.2. The second-order valence-electron chi connectivity index (χ2n) is 6.74. The molecular formula is C23H17F2NO4S. The maximum Gasteiger partial charge on any atom is 0.300 e. The number of anilines is 1. The van der Waals surface area contributed by atoms with Gasteiger partial charge >= 0.3 is 0 Å². The van der Waals surface area contributed by atoms with E-state index in [1.54, 1.807) is 41.8 Å². The van der Waals surface area contributed by atoms with Crippen molar-refractivity contribution in [2.24, 2.45) is 0 Å². The molecule has 1 aliphatic rings. The summed E-state index contributed by atoms with van der Waals surface area (Å²) in [5.41, 5.74) is -0.308. The molecule has 1 fully saturated rings. The predicted octanol–water partition coefficient (Wildman–Crippen LogP) is 5.05. The van der Waals surface area contributed by atoms with E-state index >= 15 is 0 Å². The third-order valence-electron chi connectivity index (χ3n) is 4.84. The van der Waals surface area contributed by atoms with Gasteiger partial charge in [0.15, 0.2) is 0 Å². The molecule has 4 rings (SSSR count). The minimum Gasteiger partial charge on any atom is -0.507 e. The molecule has 3 aromatic rings. The van der Waals surface area contributed by atoms with E-state index in [9.17, 15) is 23.5 Å². The van der Waals surface area contributed by atoms with E-state index in [2.05, 4.69) is 0 Å². The Labute approximate surface area is 180 Å². The van der Waals surface area contributed by atoms with Crippen molar-refractivity contribution in [2.75, 3.05) is 11.5 Å². The van der Waals surface area contributed by atoms with E-state index in [0.29, 0.717) is 17.2 Å². The Hall–Kier alpha value is -3.52. The first-order valence-electron chi connectivity index (χ1n) is 9.45. The number of aliphatic hydroxyl groups excluding tert-OH is 1. The summed E-state index contributed by atoms with van der Waals surface area (Å²) < 4.78 is 33.9. The summed E-state index contributed by atoms with van der Waals surface area (Å²) in [6.45, 7) is 2.21. The van der Waals surface area contributed by atoms with E-state index in [-0.39, 0.29) is 16.8 Å². The van der Waals surface area contributed by atoms with E-state index in [4.69, 9.17) is 4.74 Å². The molecule has 0 radical (unpaired) electrons. The number of ether oxygens (including phenoxy) is 1. The minimum absolute atomic E-state index is 0.204. The number of benzene rings is 2. The van der Waals surface area contributed by atoms with Gasteiger partial charge in [0, 0.05) is 16.5 Å². The first-order chi connectivity index (χ1) is 14.9. The Morgan fingerprint density at radius 1 is 1.13 bits per heavy atom. The first kappa shape index (κ1) is 20.7. The standard InChI is InChI=1S/C23H17F2NO4S/c1-2-30-15-6-3-5-13(11-15)21(27)19-20(18-7-4-10-31-18)26(23(29)22(19)28)17-12-14(24)8-9-16(17)25/h3-12,20,27H,2H2,1H3/b21-19-. The molecule has 1 atom stereocenters. The topological polar surface area (TPSA) is 66.8 Å². The van der Waals surface area contributed by atoms with Crippen molar-refractivity contribution in [3.8, 4) is 5.75 Å². The molecule has 31 heavy (non-hydrogen) atoms. The molecule has 1 aliphatic heterocycles. The van der Waals surface area contributed by atoms with Gasteiger partial charge in [0.05, 0.1) is 17.9 Å². The molecule has 1 unspecified atom stereocenters. The lowest BCUT2D eigenvalue weighted by Crippen LogP contribution is -2.30. The molecule has 1 aromatic heterocycles. The van der Waals surface area contributed by atoms with Crippen LogP contribution in [0.25, 0.3) is 5.76 Å². The number of carbonyl (C=O) groups excluding carboxylic acids is 2. The summed E-state index contributed by atoms with van der Waals surface area (Å²) in [6, 6.07) is 11.4. The third kappa shape index (κ3) is 3.70. The minimum atomic E-state index is -1.10. The summed E-state index contributed by atoms with van der Waals surface area (Å²) in [4.78, 5) is 27.3. The summed E-state index contributed by atoms with van der Waals surface area (Å²) in [7, 11) is 0. The lowest BCUT2D eigenvalue weighted by molar-refractivity contribution is -0.132. The van der Waals surface area contributed by atoms with Crippen LogP contribution in [0.15, 0.2) is 65.6 Å². The summed E-state index contributed by atoms with van der Waals surface area (Å²) in [6.07, 6.45) is 0. The highest BCUT2D eigenvalue weighted by molar-refractivity contribution is 7.10. The van der Waals surface area contributed by atoms with E-state index in [1.807, 2.05) is 6.92 Å². The lowest BCUT2D eigenvalue weighted by Gasteiger charge is -2.24. The molecule has 0 saturated carbocycles. The Kier molecular flexibility index (Phi) is 5.56. The number of carbonyl (C=O) groups is 2. The van der Waals surface area contributed by atoms with Gasteiger partial charge in [0.1, 0.15) is 29.2 Å². The molecule has 0 spiro atoms. The summed E-state index contributed by atoms with van der Waals surface area (Å²) in [5.74, 6) is -3.59. The first-order valence-corrected chi connectivity index (χ1v) is 10.3. The van der Waals surface area contributed by atoms with Gasteiger partial charge in [0.25, 0.3) is 11.7 Å². The van der Waals surface area contributed by atoms with Gasteiger partial charge in [-0.25, -0.2) is 8.78 Å². The molecular weight excluding hydrogens is 424 g/mol. The van der Waals surface area contributed by atoms with Crippen LogP contribution in [0.4, 0.5) is 14.5 Å².